The molecule has 13 nitrogen and oxygen atoms in total. The molecule has 13 heteroatoms. The Hall–Kier alpha value is -1.52. The Kier molecular flexibility index (Phi) is 9.98. The molecule has 7 N–H and O–H groups in total. The number of allylic oxidation sites excluding steroid dienone is 1. The van der Waals surface area contributed by atoms with Crippen LogP contribution in [-0.4, -0.2) is 121 Å². The SMILES string of the molecule is C[C@@H]1O[C@H](O[C@@H]2[C@@H](O[C@@H]3CC[C@]4(C)[C@@H](CC[C@]5(C)[C@H]4CC=C4[C@H]6CC(C)(C)CC[C@@]6(O)C(=O)C[C@@]45C)C3(C)C)O[C@@H](C(=O)O)[C@H](O)[C@H]2O)[C@@H](O)[C@H](O)[C@H]1O. The van der Waals surface area contributed by atoms with Gasteiger partial charge < -0.3 is 54.7 Å². The lowest BCUT2D eigenvalue weighted by Crippen LogP contribution is -2.68. The number of carboxylic acids is 1. The van der Waals surface area contributed by atoms with Crippen molar-refractivity contribution in [1.82, 2.24) is 0 Å². The van der Waals surface area contributed by atoms with Crippen LogP contribution in [0.25, 0.3) is 0 Å². The number of aliphatic carboxylic acids is 1. The molecule has 4 saturated carbocycles. The first kappa shape index (κ1) is 40.7. The molecule has 2 saturated heterocycles. The molecule has 18 atom stereocenters. The van der Waals surface area contributed by atoms with Crippen LogP contribution in [0.3, 0.4) is 0 Å². The van der Waals surface area contributed by atoms with Crippen molar-refractivity contribution in [2.24, 2.45) is 44.8 Å². The minimum atomic E-state index is -1.90. The van der Waals surface area contributed by atoms with Gasteiger partial charge in [-0.25, -0.2) is 4.79 Å². The van der Waals surface area contributed by atoms with Gasteiger partial charge in [0.25, 0.3) is 0 Å². The van der Waals surface area contributed by atoms with Gasteiger partial charge >= 0.3 is 5.97 Å². The Morgan fingerprint density at radius 3 is 2.15 bits per heavy atom. The minimum Gasteiger partial charge on any atom is -0.479 e. The lowest BCUT2D eigenvalue weighted by molar-refractivity contribution is -0.372. The second-order valence-electron chi connectivity index (χ2n) is 20.3. The van der Waals surface area contributed by atoms with Crippen molar-refractivity contribution in [2.45, 2.75) is 186 Å². The van der Waals surface area contributed by atoms with Crippen LogP contribution in [0.4, 0.5) is 0 Å². The molecule has 0 aromatic rings. The van der Waals surface area contributed by atoms with Gasteiger partial charge in [0.05, 0.1) is 12.2 Å². The number of carboxylic acid groups (broad SMARTS) is 1. The molecule has 0 unspecified atom stereocenters. The van der Waals surface area contributed by atoms with E-state index in [4.69, 9.17) is 18.9 Å². The van der Waals surface area contributed by atoms with Gasteiger partial charge in [-0.1, -0.05) is 60.1 Å². The molecule has 7 rings (SSSR count). The van der Waals surface area contributed by atoms with E-state index >= 15 is 0 Å². The smallest absolute Gasteiger partial charge is 0.335 e. The third-order valence-corrected chi connectivity index (χ3v) is 16.5. The first-order chi connectivity index (χ1) is 24.9. The standard InChI is InChI=1S/C41H64O13/c1-19-26(43)27(44)30(47)34(51-19)54-32-29(46)28(45)31(33(48)49)53-35(32)52-25-12-13-38(6)22(37(25,4)5)11-14-39(7)23(38)10-9-20-21-17-36(2,3)15-16-41(21,50)24(42)18-40(20,39)8/h9,19,21-23,25-32,34-35,43-47,50H,10-18H2,1-8H3,(H,48,49)/t19-,21+,22-,23-,25+,26-,27+,28+,29+,30-,31+,32-,34+,35-,38+,39+,40-,41-/m0/s1. The summed E-state index contributed by atoms with van der Waals surface area (Å²) >= 11 is 0. The molecule has 2 heterocycles. The monoisotopic (exact) mass is 764 g/mol. The maximum absolute atomic E-state index is 14.0. The zero-order chi connectivity index (χ0) is 39.7. The van der Waals surface area contributed by atoms with Gasteiger partial charge in [-0.05, 0) is 91.8 Å². The van der Waals surface area contributed by atoms with E-state index in [1.165, 1.54) is 12.5 Å². The van der Waals surface area contributed by atoms with E-state index in [0.717, 1.165) is 38.5 Å². The van der Waals surface area contributed by atoms with Crippen LogP contribution in [0, 0.1) is 44.8 Å². The zero-order valence-electron chi connectivity index (χ0n) is 33.1. The highest BCUT2D eigenvalue weighted by Gasteiger charge is 2.70. The number of rotatable bonds is 5. The van der Waals surface area contributed by atoms with E-state index in [0.29, 0.717) is 19.3 Å². The third kappa shape index (κ3) is 5.84. The lowest BCUT2D eigenvalue weighted by Gasteiger charge is -2.71. The molecule has 0 spiro atoms. The van der Waals surface area contributed by atoms with Crippen LogP contribution in [0.5, 0.6) is 0 Å². The molecule has 6 fully saturated rings. The van der Waals surface area contributed by atoms with E-state index in [1.807, 2.05) is 0 Å². The fourth-order valence-corrected chi connectivity index (χ4v) is 13.0. The van der Waals surface area contributed by atoms with Gasteiger partial charge in [-0.3, -0.25) is 4.79 Å². The molecular weight excluding hydrogens is 700 g/mol. The molecule has 54 heavy (non-hydrogen) atoms. The maximum atomic E-state index is 14.0. The number of hydrogen-bond donors (Lipinski definition) is 7. The van der Waals surface area contributed by atoms with Crippen LogP contribution in [0.1, 0.15) is 113 Å². The summed E-state index contributed by atoms with van der Waals surface area (Å²) in [5.74, 6) is -1.29. The first-order valence-corrected chi connectivity index (χ1v) is 20.1. The number of carbonyl (C=O) groups excluding carboxylic acids is 1. The van der Waals surface area contributed by atoms with Crippen molar-refractivity contribution < 1.29 is 64.3 Å². The summed E-state index contributed by atoms with van der Waals surface area (Å²) in [4.78, 5) is 26.2. The highest BCUT2D eigenvalue weighted by Crippen LogP contribution is 2.74. The number of aliphatic hydroxyl groups excluding tert-OH is 5. The van der Waals surface area contributed by atoms with Crippen LogP contribution in [-0.2, 0) is 28.5 Å². The summed E-state index contributed by atoms with van der Waals surface area (Å²) in [7, 11) is 0. The van der Waals surface area contributed by atoms with Gasteiger partial charge in [-0.15, -0.1) is 0 Å². The molecule has 0 radical (unpaired) electrons. The highest BCUT2D eigenvalue weighted by molar-refractivity contribution is 5.91. The maximum Gasteiger partial charge on any atom is 0.335 e. The number of ether oxygens (including phenoxy) is 4. The van der Waals surface area contributed by atoms with Crippen molar-refractivity contribution in [3.63, 3.8) is 0 Å². The predicted molar refractivity (Wildman–Crippen MR) is 192 cm³/mol. The zero-order valence-corrected chi connectivity index (χ0v) is 33.1. The van der Waals surface area contributed by atoms with E-state index < -0.39 is 84.5 Å². The normalized spacial score (nSPS) is 54.0. The van der Waals surface area contributed by atoms with Gasteiger partial charge in [0.1, 0.15) is 42.2 Å². The molecule has 0 aromatic heterocycles. The fraction of sp³-hybridized carbons (Fsp3) is 0.902. The summed E-state index contributed by atoms with van der Waals surface area (Å²) < 4.78 is 24.1. The third-order valence-electron chi connectivity index (χ3n) is 16.5. The molecule has 306 valence electrons. The fourth-order valence-electron chi connectivity index (χ4n) is 13.0. The Bertz CT molecular complexity index is 1530. The number of ketones is 1. The summed E-state index contributed by atoms with van der Waals surface area (Å²) in [5, 5.41) is 75.1. The van der Waals surface area contributed by atoms with Crippen molar-refractivity contribution in [2.75, 3.05) is 0 Å². The van der Waals surface area contributed by atoms with Crippen molar-refractivity contribution in [3.8, 4) is 0 Å². The van der Waals surface area contributed by atoms with Crippen LogP contribution in [0.2, 0.25) is 0 Å². The second kappa shape index (κ2) is 13.3. The van der Waals surface area contributed by atoms with E-state index in [9.17, 15) is 45.3 Å². The van der Waals surface area contributed by atoms with Crippen molar-refractivity contribution in [1.29, 1.82) is 0 Å². The molecule has 0 amide bonds. The minimum absolute atomic E-state index is 0.0169. The lowest BCUT2D eigenvalue weighted by atomic mass is 9.34. The van der Waals surface area contributed by atoms with E-state index in [-0.39, 0.29) is 45.2 Å². The Balaban J connectivity index is 1.16. The average Bonchev–Trinajstić information content (AvgIpc) is 3.08. The summed E-state index contributed by atoms with van der Waals surface area (Å²) in [6, 6.07) is 0. The molecule has 0 bridgehead atoms. The molecule has 0 aromatic carbocycles. The predicted octanol–water partition coefficient (Wildman–Crippen LogP) is 2.84. The summed E-state index contributed by atoms with van der Waals surface area (Å²) in [6.45, 7) is 17.3. The largest absolute Gasteiger partial charge is 0.479 e. The van der Waals surface area contributed by atoms with Crippen molar-refractivity contribution in [3.05, 3.63) is 11.6 Å². The highest BCUT2D eigenvalue weighted by atomic mass is 16.8. The average molecular weight is 765 g/mol. The van der Waals surface area contributed by atoms with E-state index in [1.54, 1.807) is 0 Å². The van der Waals surface area contributed by atoms with Crippen molar-refractivity contribution >= 4 is 11.8 Å². The van der Waals surface area contributed by atoms with Crippen LogP contribution in [0.15, 0.2) is 11.6 Å². The number of aliphatic hydroxyl groups is 6. The number of carbonyl (C=O) groups is 2. The molecule has 7 aliphatic rings. The quantitative estimate of drug-likeness (QED) is 0.159. The van der Waals surface area contributed by atoms with E-state index in [2.05, 4.69) is 54.5 Å². The number of Topliss-reactive ketones (excluding diaryl/α,β-unsaturated/α-hetero) is 1. The van der Waals surface area contributed by atoms with Gasteiger partial charge in [-0.2, -0.15) is 0 Å². The second-order valence-corrected chi connectivity index (χ2v) is 20.3. The Labute approximate surface area is 318 Å². The van der Waals surface area contributed by atoms with Crippen LogP contribution < -0.4 is 0 Å². The number of hydrogen-bond acceptors (Lipinski definition) is 12. The number of fused-ring (bicyclic) bond motifs is 7. The topological polar surface area (TPSA) is 213 Å². The van der Waals surface area contributed by atoms with Gasteiger partial charge in [0.2, 0.25) is 0 Å². The molecule has 5 aliphatic carbocycles. The molecule has 2 aliphatic heterocycles. The Morgan fingerprint density at radius 1 is 0.796 bits per heavy atom. The summed E-state index contributed by atoms with van der Waals surface area (Å²) in [5.41, 5.74) is -1.21. The summed E-state index contributed by atoms with van der Waals surface area (Å²) in [6.07, 6.45) is -7.48. The van der Waals surface area contributed by atoms with Crippen LogP contribution >= 0.6 is 0 Å². The Morgan fingerprint density at radius 2 is 1.48 bits per heavy atom. The molecular formula is C41H64O13. The van der Waals surface area contributed by atoms with Gasteiger partial charge in [0, 0.05) is 17.8 Å². The first-order valence-electron chi connectivity index (χ1n) is 20.1. The van der Waals surface area contributed by atoms with Gasteiger partial charge in [0.15, 0.2) is 24.5 Å².